The monoisotopic (exact) mass is 329 g/mol. The second-order valence-electron chi connectivity index (χ2n) is 6.00. The molecule has 2 aromatic rings. The van der Waals surface area contributed by atoms with Gasteiger partial charge in [0.1, 0.15) is 0 Å². The number of benzene rings is 1. The molecule has 5 nitrogen and oxygen atoms in total. The van der Waals surface area contributed by atoms with Gasteiger partial charge in [-0.05, 0) is 44.4 Å². The Morgan fingerprint density at radius 1 is 1.12 bits per heavy atom. The van der Waals surface area contributed by atoms with E-state index in [-0.39, 0.29) is 24.8 Å². The summed E-state index contributed by atoms with van der Waals surface area (Å²) in [6, 6.07) is 7.94. The number of aryl methyl sites for hydroxylation is 3. The minimum Gasteiger partial charge on any atom is -0.464 e. The van der Waals surface area contributed by atoms with E-state index in [4.69, 9.17) is 4.74 Å². The molecule has 24 heavy (non-hydrogen) atoms. The van der Waals surface area contributed by atoms with Crippen LogP contribution in [-0.4, -0.2) is 23.0 Å². The Balaban J connectivity index is 2.11. The van der Waals surface area contributed by atoms with Gasteiger partial charge < -0.3 is 4.74 Å². The SMILES string of the molecule is CCOC(=O)Cn1c(C)cc[n+]1CC(=O)Cc1c(C)cccc1C. The van der Waals surface area contributed by atoms with Crippen LogP contribution in [0, 0.1) is 20.8 Å². The summed E-state index contributed by atoms with van der Waals surface area (Å²) in [7, 11) is 0. The third-order valence-corrected chi connectivity index (χ3v) is 4.15. The van der Waals surface area contributed by atoms with Crippen LogP contribution in [0.4, 0.5) is 0 Å². The number of nitrogens with zero attached hydrogens (tertiary/aromatic N) is 2. The number of rotatable bonds is 7. The van der Waals surface area contributed by atoms with E-state index in [1.54, 1.807) is 16.3 Å². The minimum atomic E-state index is -0.298. The van der Waals surface area contributed by atoms with Gasteiger partial charge in [0.15, 0.2) is 12.7 Å². The summed E-state index contributed by atoms with van der Waals surface area (Å²) in [4.78, 5) is 24.2. The number of carbonyl (C=O) groups is 2. The molecule has 0 radical (unpaired) electrons. The maximum Gasteiger partial charge on any atom is 0.331 e. The van der Waals surface area contributed by atoms with Gasteiger partial charge >= 0.3 is 5.97 Å². The van der Waals surface area contributed by atoms with Crippen molar-refractivity contribution in [2.75, 3.05) is 6.61 Å². The summed E-state index contributed by atoms with van der Waals surface area (Å²) >= 11 is 0. The highest BCUT2D eigenvalue weighted by molar-refractivity contribution is 5.80. The first-order chi connectivity index (χ1) is 11.4. The van der Waals surface area contributed by atoms with Crippen LogP contribution in [0.5, 0.6) is 0 Å². The van der Waals surface area contributed by atoms with Gasteiger partial charge in [-0.15, -0.1) is 9.36 Å². The van der Waals surface area contributed by atoms with E-state index in [2.05, 4.69) is 0 Å². The number of ether oxygens (including phenoxy) is 1. The van der Waals surface area contributed by atoms with Gasteiger partial charge in [-0.2, -0.15) is 0 Å². The van der Waals surface area contributed by atoms with Crippen LogP contribution in [0.25, 0.3) is 0 Å². The van der Waals surface area contributed by atoms with E-state index in [0.717, 1.165) is 22.4 Å². The molecular weight excluding hydrogens is 304 g/mol. The molecule has 1 aromatic heterocycles. The Kier molecular flexibility index (Phi) is 5.90. The van der Waals surface area contributed by atoms with Gasteiger partial charge in [0.05, 0.1) is 12.3 Å². The molecule has 0 spiro atoms. The molecule has 5 heteroatoms. The summed E-state index contributed by atoms with van der Waals surface area (Å²) < 4.78 is 8.56. The second-order valence-corrected chi connectivity index (χ2v) is 6.00. The lowest BCUT2D eigenvalue weighted by molar-refractivity contribution is -0.763. The lowest BCUT2D eigenvalue weighted by Crippen LogP contribution is -2.47. The third-order valence-electron chi connectivity index (χ3n) is 4.15. The quantitative estimate of drug-likeness (QED) is 0.577. The molecule has 0 aliphatic rings. The van der Waals surface area contributed by atoms with Crippen LogP contribution >= 0.6 is 0 Å². The fraction of sp³-hybridized carbons (Fsp3) is 0.421. The number of hydrogen-bond acceptors (Lipinski definition) is 3. The Morgan fingerprint density at radius 3 is 2.42 bits per heavy atom. The zero-order chi connectivity index (χ0) is 17.7. The molecule has 0 aliphatic carbocycles. The van der Waals surface area contributed by atoms with E-state index in [1.165, 1.54) is 0 Å². The molecule has 0 saturated heterocycles. The van der Waals surface area contributed by atoms with Crippen molar-refractivity contribution in [2.45, 2.75) is 47.2 Å². The number of Topliss-reactive ketones (excluding diaryl/α,β-unsaturated/α-hetero) is 1. The van der Waals surface area contributed by atoms with E-state index in [9.17, 15) is 9.59 Å². The summed E-state index contributed by atoms with van der Waals surface area (Å²) in [6.07, 6.45) is 2.23. The summed E-state index contributed by atoms with van der Waals surface area (Å²) in [5.74, 6) is -0.187. The van der Waals surface area contributed by atoms with Crippen LogP contribution in [0.1, 0.15) is 29.3 Å². The number of esters is 1. The van der Waals surface area contributed by atoms with Crippen molar-refractivity contribution in [3.05, 3.63) is 52.8 Å². The Bertz CT molecular complexity index is 727. The largest absolute Gasteiger partial charge is 0.464 e. The summed E-state index contributed by atoms with van der Waals surface area (Å²) in [5.41, 5.74) is 4.27. The fourth-order valence-electron chi connectivity index (χ4n) is 2.81. The molecule has 0 saturated carbocycles. The normalized spacial score (nSPS) is 10.7. The molecular formula is C19H25N2O3+. The standard InChI is InChI=1S/C19H25N2O3/c1-5-24-19(23)13-21-16(4)9-10-20(21)12-17(22)11-18-14(2)7-6-8-15(18)3/h6-10H,5,11-13H2,1-4H3/q+1. The van der Waals surface area contributed by atoms with Crippen molar-refractivity contribution in [1.82, 2.24) is 4.68 Å². The molecule has 0 N–H and O–H groups in total. The molecule has 1 heterocycles. The average Bonchev–Trinajstić information content (AvgIpc) is 2.84. The predicted molar refractivity (Wildman–Crippen MR) is 90.6 cm³/mol. The van der Waals surface area contributed by atoms with Crippen molar-refractivity contribution in [3.8, 4) is 0 Å². The van der Waals surface area contributed by atoms with E-state index in [0.29, 0.717) is 13.0 Å². The molecule has 0 aliphatic heterocycles. The highest BCUT2D eigenvalue weighted by Gasteiger charge is 2.20. The molecule has 0 unspecified atom stereocenters. The number of ketones is 1. The average molecular weight is 329 g/mol. The summed E-state index contributed by atoms with van der Waals surface area (Å²) in [6.45, 7) is 8.44. The van der Waals surface area contributed by atoms with Crippen LogP contribution in [0.15, 0.2) is 30.5 Å². The first-order valence-electron chi connectivity index (χ1n) is 8.20. The lowest BCUT2D eigenvalue weighted by Gasteiger charge is -2.08. The molecule has 0 amide bonds. The van der Waals surface area contributed by atoms with Crippen molar-refractivity contribution in [2.24, 2.45) is 0 Å². The Hall–Kier alpha value is -2.43. The van der Waals surface area contributed by atoms with Crippen LogP contribution < -0.4 is 4.68 Å². The van der Waals surface area contributed by atoms with E-state index < -0.39 is 0 Å². The van der Waals surface area contributed by atoms with Crippen molar-refractivity contribution in [1.29, 1.82) is 0 Å². The minimum absolute atomic E-state index is 0.112. The Labute approximate surface area is 142 Å². The molecule has 0 fully saturated rings. The smallest absolute Gasteiger partial charge is 0.331 e. The maximum absolute atomic E-state index is 12.5. The topological polar surface area (TPSA) is 52.2 Å². The maximum atomic E-state index is 12.5. The van der Waals surface area contributed by atoms with Gasteiger partial charge in [0.2, 0.25) is 12.3 Å². The van der Waals surface area contributed by atoms with E-state index in [1.807, 2.05) is 51.2 Å². The van der Waals surface area contributed by atoms with E-state index >= 15 is 0 Å². The third kappa shape index (κ3) is 4.31. The van der Waals surface area contributed by atoms with Crippen LogP contribution in [0.3, 0.4) is 0 Å². The second kappa shape index (κ2) is 7.90. The van der Waals surface area contributed by atoms with Crippen molar-refractivity contribution in [3.63, 3.8) is 0 Å². The predicted octanol–water partition coefficient (Wildman–Crippen LogP) is 2.08. The molecule has 1 aromatic carbocycles. The molecule has 0 bridgehead atoms. The van der Waals surface area contributed by atoms with Crippen molar-refractivity contribution >= 4 is 11.8 Å². The number of carbonyl (C=O) groups excluding carboxylic acids is 2. The lowest BCUT2D eigenvalue weighted by atomic mass is 9.98. The van der Waals surface area contributed by atoms with Gasteiger partial charge in [0.25, 0.3) is 0 Å². The van der Waals surface area contributed by atoms with Gasteiger partial charge in [-0.25, -0.2) is 4.79 Å². The van der Waals surface area contributed by atoms with Crippen LogP contribution in [-0.2, 0) is 33.8 Å². The number of aromatic nitrogens is 2. The van der Waals surface area contributed by atoms with Crippen molar-refractivity contribution < 1.29 is 19.0 Å². The zero-order valence-corrected chi connectivity index (χ0v) is 14.8. The van der Waals surface area contributed by atoms with Gasteiger partial charge in [-0.1, -0.05) is 18.2 Å². The highest BCUT2D eigenvalue weighted by Crippen LogP contribution is 2.14. The molecule has 128 valence electrons. The van der Waals surface area contributed by atoms with Gasteiger partial charge in [0, 0.05) is 12.5 Å². The number of hydrogen-bond donors (Lipinski definition) is 0. The summed E-state index contributed by atoms with van der Waals surface area (Å²) in [5, 5.41) is 0. The first kappa shape index (κ1) is 17.9. The first-order valence-corrected chi connectivity index (χ1v) is 8.20. The highest BCUT2D eigenvalue weighted by atomic mass is 16.5. The van der Waals surface area contributed by atoms with Gasteiger partial charge in [-0.3, -0.25) is 4.79 Å². The van der Waals surface area contributed by atoms with Crippen LogP contribution in [0.2, 0.25) is 0 Å². The fourth-order valence-corrected chi connectivity index (χ4v) is 2.81. The molecule has 0 atom stereocenters. The Morgan fingerprint density at radius 2 is 1.79 bits per heavy atom. The molecule has 2 rings (SSSR count). The zero-order valence-electron chi connectivity index (χ0n) is 14.8.